The summed E-state index contributed by atoms with van der Waals surface area (Å²) in [6.07, 6.45) is 2.29. The van der Waals surface area contributed by atoms with E-state index < -0.39 is 0 Å². The Morgan fingerprint density at radius 2 is 1.55 bits per heavy atom. The lowest BCUT2D eigenvalue weighted by Gasteiger charge is -2.12. The largest absolute Gasteiger partial charge is 0.313 e. The maximum Gasteiger partial charge on any atom is 0.0205 e. The molecule has 0 spiro atoms. The summed E-state index contributed by atoms with van der Waals surface area (Å²) in [5.74, 6) is 0.617. The predicted octanol–water partition coefficient (Wildman–Crippen LogP) is 4.53. The second-order valence-corrected chi connectivity index (χ2v) is 5.45. The highest BCUT2D eigenvalue weighted by molar-refractivity contribution is 5.22. The van der Waals surface area contributed by atoms with E-state index in [4.69, 9.17) is 0 Å². The van der Waals surface area contributed by atoms with Crippen molar-refractivity contribution in [3.8, 4) is 0 Å². The van der Waals surface area contributed by atoms with Crippen LogP contribution in [0.2, 0.25) is 0 Å². The Labute approximate surface area is 123 Å². The van der Waals surface area contributed by atoms with E-state index in [2.05, 4.69) is 73.8 Å². The van der Waals surface area contributed by atoms with Crippen LogP contribution in [0.15, 0.2) is 54.6 Å². The number of rotatable bonds is 7. The summed E-state index contributed by atoms with van der Waals surface area (Å²) in [6, 6.07) is 19.7. The SMILES string of the molecule is CCc1ccc(CNCCC(C)c2ccccc2)cc1. The maximum atomic E-state index is 3.54. The molecule has 0 aliphatic heterocycles. The summed E-state index contributed by atoms with van der Waals surface area (Å²) >= 11 is 0. The number of aryl methyl sites for hydroxylation is 1. The molecule has 1 atom stereocenters. The minimum absolute atomic E-state index is 0.617. The van der Waals surface area contributed by atoms with Crippen LogP contribution in [0.25, 0.3) is 0 Å². The van der Waals surface area contributed by atoms with Crippen LogP contribution in [0.3, 0.4) is 0 Å². The topological polar surface area (TPSA) is 12.0 Å². The van der Waals surface area contributed by atoms with Gasteiger partial charge in [0.05, 0.1) is 0 Å². The van der Waals surface area contributed by atoms with Crippen LogP contribution >= 0.6 is 0 Å². The summed E-state index contributed by atoms with van der Waals surface area (Å²) < 4.78 is 0. The van der Waals surface area contributed by atoms with Gasteiger partial charge in [0.2, 0.25) is 0 Å². The highest BCUT2D eigenvalue weighted by Gasteiger charge is 2.03. The van der Waals surface area contributed by atoms with Gasteiger partial charge in [-0.2, -0.15) is 0 Å². The van der Waals surface area contributed by atoms with E-state index in [9.17, 15) is 0 Å². The van der Waals surface area contributed by atoms with Gasteiger partial charge in [-0.05, 0) is 42.0 Å². The van der Waals surface area contributed by atoms with E-state index in [1.807, 2.05) is 0 Å². The quantitative estimate of drug-likeness (QED) is 0.727. The van der Waals surface area contributed by atoms with Gasteiger partial charge in [0.25, 0.3) is 0 Å². The fraction of sp³-hybridized carbons (Fsp3) is 0.368. The van der Waals surface area contributed by atoms with Crippen molar-refractivity contribution < 1.29 is 0 Å². The third-order valence-corrected chi connectivity index (χ3v) is 3.88. The summed E-state index contributed by atoms with van der Waals surface area (Å²) in [5, 5.41) is 3.54. The molecule has 0 fully saturated rings. The lowest BCUT2D eigenvalue weighted by Crippen LogP contribution is -2.16. The maximum absolute atomic E-state index is 3.54. The molecule has 0 bridgehead atoms. The molecule has 2 aromatic rings. The van der Waals surface area contributed by atoms with E-state index >= 15 is 0 Å². The standard InChI is InChI=1S/C19H25N/c1-3-17-9-11-18(12-10-17)15-20-14-13-16(2)19-7-5-4-6-8-19/h4-12,16,20H,3,13-15H2,1-2H3. The predicted molar refractivity (Wildman–Crippen MR) is 87.0 cm³/mol. The molecule has 1 unspecified atom stereocenters. The average Bonchev–Trinajstić information content (AvgIpc) is 2.53. The Bertz CT molecular complexity index is 487. The smallest absolute Gasteiger partial charge is 0.0205 e. The summed E-state index contributed by atoms with van der Waals surface area (Å²) in [7, 11) is 0. The molecule has 0 amide bonds. The van der Waals surface area contributed by atoms with E-state index in [-0.39, 0.29) is 0 Å². The molecule has 20 heavy (non-hydrogen) atoms. The molecular formula is C19H25N. The van der Waals surface area contributed by atoms with Crippen molar-refractivity contribution in [1.82, 2.24) is 5.32 Å². The first-order chi connectivity index (χ1) is 9.79. The highest BCUT2D eigenvalue weighted by Crippen LogP contribution is 2.17. The Morgan fingerprint density at radius 1 is 0.900 bits per heavy atom. The first-order valence-electron chi connectivity index (χ1n) is 7.63. The van der Waals surface area contributed by atoms with Crippen LogP contribution < -0.4 is 5.32 Å². The minimum atomic E-state index is 0.617. The molecule has 1 heteroatoms. The normalized spacial score (nSPS) is 12.3. The molecule has 1 N–H and O–H groups in total. The van der Waals surface area contributed by atoms with Gasteiger partial charge in [0.15, 0.2) is 0 Å². The third-order valence-electron chi connectivity index (χ3n) is 3.88. The lowest BCUT2D eigenvalue weighted by molar-refractivity contribution is 0.594. The second kappa shape index (κ2) is 7.86. The number of benzene rings is 2. The van der Waals surface area contributed by atoms with Crippen molar-refractivity contribution in [2.75, 3.05) is 6.54 Å². The van der Waals surface area contributed by atoms with Crippen molar-refractivity contribution in [1.29, 1.82) is 0 Å². The molecule has 0 heterocycles. The lowest BCUT2D eigenvalue weighted by atomic mass is 9.98. The molecule has 0 radical (unpaired) electrons. The van der Waals surface area contributed by atoms with Crippen LogP contribution in [0.5, 0.6) is 0 Å². The molecule has 2 rings (SSSR count). The molecule has 0 aliphatic rings. The van der Waals surface area contributed by atoms with Crippen LogP contribution in [0, 0.1) is 0 Å². The van der Waals surface area contributed by atoms with E-state index in [0.717, 1.165) is 19.5 Å². The number of hydrogen-bond acceptors (Lipinski definition) is 1. The first-order valence-corrected chi connectivity index (χ1v) is 7.63. The van der Waals surface area contributed by atoms with Gasteiger partial charge < -0.3 is 5.32 Å². The molecule has 0 saturated heterocycles. The van der Waals surface area contributed by atoms with E-state index in [1.165, 1.54) is 23.1 Å². The Balaban J connectivity index is 1.70. The van der Waals surface area contributed by atoms with Crippen molar-refractivity contribution in [2.45, 2.75) is 39.2 Å². The molecule has 106 valence electrons. The van der Waals surface area contributed by atoms with Gasteiger partial charge in [-0.1, -0.05) is 68.4 Å². The van der Waals surface area contributed by atoms with Crippen LogP contribution in [-0.2, 0) is 13.0 Å². The van der Waals surface area contributed by atoms with Gasteiger partial charge in [-0.25, -0.2) is 0 Å². The van der Waals surface area contributed by atoms with Gasteiger partial charge in [-0.3, -0.25) is 0 Å². The van der Waals surface area contributed by atoms with Crippen molar-refractivity contribution in [2.24, 2.45) is 0 Å². The number of hydrogen-bond donors (Lipinski definition) is 1. The molecule has 0 aromatic heterocycles. The van der Waals surface area contributed by atoms with Gasteiger partial charge in [0.1, 0.15) is 0 Å². The van der Waals surface area contributed by atoms with Crippen LogP contribution in [-0.4, -0.2) is 6.54 Å². The Kier molecular flexibility index (Phi) is 5.82. The summed E-state index contributed by atoms with van der Waals surface area (Å²) in [5.41, 5.74) is 4.21. The molecular weight excluding hydrogens is 242 g/mol. The highest BCUT2D eigenvalue weighted by atomic mass is 14.8. The zero-order chi connectivity index (χ0) is 14.2. The fourth-order valence-corrected chi connectivity index (χ4v) is 2.39. The fourth-order valence-electron chi connectivity index (χ4n) is 2.39. The van der Waals surface area contributed by atoms with E-state index in [1.54, 1.807) is 0 Å². The van der Waals surface area contributed by atoms with Crippen LogP contribution in [0.1, 0.15) is 42.9 Å². The summed E-state index contributed by atoms with van der Waals surface area (Å²) in [4.78, 5) is 0. The molecule has 2 aromatic carbocycles. The van der Waals surface area contributed by atoms with Gasteiger partial charge >= 0.3 is 0 Å². The Morgan fingerprint density at radius 3 is 2.20 bits per heavy atom. The van der Waals surface area contributed by atoms with Crippen molar-refractivity contribution >= 4 is 0 Å². The monoisotopic (exact) mass is 267 g/mol. The zero-order valence-corrected chi connectivity index (χ0v) is 12.6. The number of nitrogens with one attached hydrogen (secondary N) is 1. The van der Waals surface area contributed by atoms with E-state index in [0.29, 0.717) is 5.92 Å². The van der Waals surface area contributed by atoms with Crippen molar-refractivity contribution in [3.63, 3.8) is 0 Å². The molecule has 0 saturated carbocycles. The third kappa shape index (κ3) is 4.50. The van der Waals surface area contributed by atoms with Crippen molar-refractivity contribution in [3.05, 3.63) is 71.3 Å². The van der Waals surface area contributed by atoms with Gasteiger partial charge in [0, 0.05) is 6.54 Å². The van der Waals surface area contributed by atoms with Crippen LogP contribution in [0.4, 0.5) is 0 Å². The Hall–Kier alpha value is -1.60. The molecule has 1 nitrogen and oxygen atoms in total. The first kappa shape index (κ1) is 14.8. The van der Waals surface area contributed by atoms with Gasteiger partial charge in [-0.15, -0.1) is 0 Å². The second-order valence-electron chi connectivity index (χ2n) is 5.45. The average molecular weight is 267 g/mol. The zero-order valence-electron chi connectivity index (χ0n) is 12.6. The minimum Gasteiger partial charge on any atom is -0.313 e. The molecule has 0 aliphatic carbocycles. The summed E-state index contributed by atoms with van der Waals surface area (Å²) in [6.45, 7) is 6.52.